The second-order valence-corrected chi connectivity index (χ2v) is 5.51. The molecule has 1 N–H and O–H groups in total. The minimum Gasteiger partial charge on any atom is -0.335 e. The lowest BCUT2D eigenvalue weighted by Crippen LogP contribution is -2.22. The van der Waals surface area contributed by atoms with E-state index in [0.717, 1.165) is 23.3 Å². The van der Waals surface area contributed by atoms with Crippen LogP contribution >= 0.6 is 0 Å². The molecule has 0 fully saturated rings. The zero-order valence-electron chi connectivity index (χ0n) is 12.3. The van der Waals surface area contributed by atoms with Gasteiger partial charge in [-0.2, -0.15) is 5.26 Å². The van der Waals surface area contributed by atoms with Crippen molar-refractivity contribution in [2.24, 2.45) is 7.05 Å². The zero-order chi connectivity index (χ0) is 14.2. The number of nitriles is 1. The van der Waals surface area contributed by atoms with Crippen molar-refractivity contribution < 1.29 is 0 Å². The number of aromatic nitrogens is 1. The minimum absolute atomic E-state index is 0.410. The van der Waals surface area contributed by atoms with Crippen molar-refractivity contribution in [1.29, 1.82) is 5.26 Å². The zero-order valence-corrected chi connectivity index (χ0v) is 12.3. The van der Waals surface area contributed by atoms with Gasteiger partial charge in [-0.3, -0.25) is 0 Å². The number of hydrogen-bond donors (Lipinski definition) is 1. The summed E-state index contributed by atoms with van der Waals surface area (Å²) in [6, 6.07) is 7.09. The summed E-state index contributed by atoms with van der Waals surface area (Å²) < 4.78 is 2.01. The summed E-state index contributed by atoms with van der Waals surface area (Å²) >= 11 is 0. The van der Waals surface area contributed by atoms with Gasteiger partial charge in [0.25, 0.3) is 0 Å². The summed E-state index contributed by atoms with van der Waals surface area (Å²) in [6.45, 7) is 9.19. The average Bonchev–Trinajstić information content (AvgIpc) is 2.59. The standard InChI is InChI=1S/C16H21N3/c1-10(2)18-9-13-15(8-17)19(5)14-7-11(3)6-12(4)16(13)14/h6-7,10,18H,9H2,1-5H3. The molecule has 0 saturated heterocycles. The highest BCUT2D eigenvalue weighted by Gasteiger charge is 2.16. The third-order valence-corrected chi connectivity index (χ3v) is 3.54. The lowest BCUT2D eigenvalue weighted by Gasteiger charge is -2.08. The molecule has 1 aromatic carbocycles. The molecule has 0 amide bonds. The molecule has 100 valence electrons. The number of nitrogens with zero attached hydrogens (tertiary/aromatic N) is 2. The van der Waals surface area contributed by atoms with Crippen molar-refractivity contribution in [3.05, 3.63) is 34.5 Å². The molecule has 2 aromatic rings. The van der Waals surface area contributed by atoms with Crippen LogP contribution in [0, 0.1) is 25.2 Å². The van der Waals surface area contributed by atoms with E-state index in [2.05, 4.69) is 51.2 Å². The van der Waals surface area contributed by atoms with Crippen LogP contribution in [0.1, 0.15) is 36.2 Å². The van der Waals surface area contributed by atoms with Crippen LogP contribution in [-0.2, 0) is 13.6 Å². The maximum Gasteiger partial charge on any atom is 0.125 e. The Morgan fingerprint density at radius 1 is 1.32 bits per heavy atom. The van der Waals surface area contributed by atoms with E-state index in [1.807, 2.05) is 11.6 Å². The first kappa shape index (κ1) is 13.6. The van der Waals surface area contributed by atoms with Crippen molar-refractivity contribution in [1.82, 2.24) is 9.88 Å². The highest BCUT2D eigenvalue weighted by Crippen LogP contribution is 2.29. The summed E-state index contributed by atoms with van der Waals surface area (Å²) in [4.78, 5) is 0. The molecule has 3 nitrogen and oxygen atoms in total. The Morgan fingerprint density at radius 3 is 2.58 bits per heavy atom. The molecule has 1 heterocycles. The highest BCUT2D eigenvalue weighted by atomic mass is 15.0. The molecule has 0 atom stereocenters. The van der Waals surface area contributed by atoms with Crippen molar-refractivity contribution in [2.75, 3.05) is 0 Å². The normalized spacial score (nSPS) is 11.2. The van der Waals surface area contributed by atoms with Crippen LogP contribution in [-0.4, -0.2) is 10.6 Å². The molecule has 1 aromatic heterocycles. The number of benzene rings is 1. The van der Waals surface area contributed by atoms with Crippen LogP contribution in [0.4, 0.5) is 0 Å². The molecular formula is C16H21N3. The van der Waals surface area contributed by atoms with E-state index in [1.54, 1.807) is 0 Å². The Hall–Kier alpha value is -1.79. The Kier molecular flexibility index (Phi) is 3.64. The number of aryl methyl sites for hydroxylation is 3. The molecular weight excluding hydrogens is 234 g/mol. The first-order valence-corrected chi connectivity index (χ1v) is 6.67. The number of rotatable bonds is 3. The van der Waals surface area contributed by atoms with Crippen molar-refractivity contribution in [3.63, 3.8) is 0 Å². The molecule has 0 spiro atoms. The largest absolute Gasteiger partial charge is 0.335 e. The van der Waals surface area contributed by atoms with E-state index in [1.165, 1.54) is 16.5 Å². The molecule has 0 bridgehead atoms. The second-order valence-electron chi connectivity index (χ2n) is 5.51. The SMILES string of the molecule is Cc1cc(C)c2c(CNC(C)C)c(C#N)n(C)c2c1. The Labute approximate surface area is 114 Å². The van der Waals surface area contributed by atoms with E-state index in [-0.39, 0.29) is 0 Å². The number of fused-ring (bicyclic) bond motifs is 1. The second kappa shape index (κ2) is 5.07. The lowest BCUT2D eigenvalue weighted by atomic mass is 10.0. The summed E-state index contributed by atoms with van der Waals surface area (Å²) in [5.41, 5.74) is 5.50. The smallest absolute Gasteiger partial charge is 0.125 e. The molecule has 19 heavy (non-hydrogen) atoms. The Morgan fingerprint density at radius 2 is 2.00 bits per heavy atom. The summed E-state index contributed by atoms with van der Waals surface area (Å²) in [7, 11) is 1.97. The molecule has 0 aliphatic carbocycles. The number of hydrogen-bond acceptors (Lipinski definition) is 2. The topological polar surface area (TPSA) is 40.8 Å². The molecule has 0 aliphatic rings. The van der Waals surface area contributed by atoms with E-state index in [0.29, 0.717) is 6.04 Å². The van der Waals surface area contributed by atoms with E-state index in [4.69, 9.17) is 0 Å². The van der Waals surface area contributed by atoms with Gasteiger partial charge in [0, 0.05) is 36.1 Å². The van der Waals surface area contributed by atoms with E-state index >= 15 is 0 Å². The van der Waals surface area contributed by atoms with Crippen LogP contribution in [0.3, 0.4) is 0 Å². The van der Waals surface area contributed by atoms with Gasteiger partial charge in [0.15, 0.2) is 0 Å². The molecule has 0 aliphatic heterocycles. The molecule has 0 unspecified atom stereocenters. The first-order chi connectivity index (χ1) is 8.95. The van der Waals surface area contributed by atoms with Crippen LogP contribution in [0.5, 0.6) is 0 Å². The Bertz CT molecular complexity index is 657. The molecule has 0 saturated carbocycles. The Balaban J connectivity index is 2.70. The van der Waals surface area contributed by atoms with Crippen molar-refractivity contribution in [3.8, 4) is 6.07 Å². The van der Waals surface area contributed by atoms with Gasteiger partial charge in [0.2, 0.25) is 0 Å². The van der Waals surface area contributed by atoms with Gasteiger partial charge in [0.1, 0.15) is 11.8 Å². The first-order valence-electron chi connectivity index (χ1n) is 6.67. The summed E-state index contributed by atoms with van der Waals surface area (Å²) in [5, 5.41) is 14.1. The number of nitrogens with one attached hydrogen (secondary N) is 1. The van der Waals surface area contributed by atoms with Gasteiger partial charge in [-0.25, -0.2) is 0 Å². The van der Waals surface area contributed by atoms with Gasteiger partial charge in [-0.15, -0.1) is 0 Å². The third-order valence-electron chi connectivity index (χ3n) is 3.54. The molecule has 3 heteroatoms. The monoisotopic (exact) mass is 255 g/mol. The summed E-state index contributed by atoms with van der Waals surface area (Å²) in [6.07, 6.45) is 0. The van der Waals surface area contributed by atoms with Crippen LogP contribution in [0.25, 0.3) is 10.9 Å². The third kappa shape index (κ3) is 2.36. The van der Waals surface area contributed by atoms with Gasteiger partial charge in [-0.1, -0.05) is 19.9 Å². The fraction of sp³-hybridized carbons (Fsp3) is 0.438. The van der Waals surface area contributed by atoms with Gasteiger partial charge < -0.3 is 9.88 Å². The quantitative estimate of drug-likeness (QED) is 0.915. The maximum atomic E-state index is 9.43. The van der Waals surface area contributed by atoms with Gasteiger partial charge in [0.05, 0.1) is 0 Å². The van der Waals surface area contributed by atoms with E-state index in [9.17, 15) is 5.26 Å². The van der Waals surface area contributed by atoms with Crippen LogP contribution in [0.2, 0.25) is 0 Å². The van der Waals surface area contributed by atoms with Crippen molar-refractivity contribution in [2.45, 2.75) is 40.3 Å². The summed E-state index contributed by atoms with van der Waals surface area (Å²) in [5.74, 6) is 0. The van der Waals surface area contributed by atoms with E-state index < -0.39 is 0 Å². The maximum absolute atomic E-state index is 9.43. The molecule has 0 radical (unpaired) electrons. The van der Waals surface area contributed by atoms with Crippen LogP contribution < -0.4 is 5.32 Å². The van der Waals surface area contributed by atoms with Gasteiger partial charge in [-0.05, 0) is 31.0 Å². The predicted molar refractivity (Wildman–Crippen MR) is 79.1 cm³/mol. The average molecular weight is 255 g/mol. The fourth-order valence-electron chi connectivity index (χ4n) is 2.66. The highest BCUT2D eigenvalue weighted by molar-refractivity contribution is 5.90. The fourth-order valence-corrected chi connectivity index (χ4v) is 2.66. The minimum atomic E-state index is 0.410. The predicted octanol–water partition coefficient (Wildman–Crippen LogP) is 3.16. The molecule has 2 rings (SSSR count). The van der Waals surface area contributed by atoms with Crippen molar-refractivity contribution >= 4 is 10.9 Å². The lowest BCUT2D eigenvalue weighted by molar-refractivity contribution is 0.589. The van der Waals surface area contributed by atoms with Gasteiger partial charge >= 0.3 is 0 Å². The van der Waals surface area contributed by atoms with Crippen LogP contribution in [0.15, 0.2) is 12.1 Å².